The van der Waals surface area contributed by atoms with Gasteiger partial charge in [0.25, 0.3) is 5.91 Å². The zero-order valence-electron chi connectivity index (χ0n) is 20.8. The minimum Gasteiger partial charge on any atom is -0.497 e. The fourth-order valence-electron chi connectivity index (χ4n) is 5.47. The second-order valence-corrected chi connectivity index (χ2v) is 10.1. The predicted molar refractivity (Wildman–Crippen MR) is 132 cm³/mol. The maximum absolute atomic E-state index is 13.0. The van der Waals surface area contributed by atoms with Gasteiger partial charge in [0.15, 0.2) is 0 Å². The molecule has 2 aromatic rings. The third-order valence-corrected chi connectivity index (χ3v) is 7.78. The number of fused-ring (bicyclic) bond motifs is 3. The summed E-state index contributed by atoms with van der Waals surface area (Å²) in [6, 6.07) is 7.48. The van der Waals surface area contributed by atoms with E-state index in [9.17, 15) is 14.4 Å². The Bertz CT molecular complexity index is 1120. The molecular weight excluding hydrogens is 460 g/mol. The molecule has 2 fully saturated rings. The molecule has 3 aliphatic rings. The van der Waals surface area contributed by atoms with E-state index in [0.717, 1.165) is 49.5 Å². The molecule has 0 unspecified atom stereocenters. The SMILES string of the molecule is COc1ccc(CNC(=O)CCC(=O)N2CCn3ncc(C(=O)NCC45CCN(CC4)C5)c3C2)cc1. The van der Waals surface area contributed by atoms with Gasteiger partial charge in [0.1, 0.15) is 5.75 Å². The molecule has 2 N–H and O–H groups in total. The zero-order valence-corrected chi connectivity index (χ0v) is 20.8. The third kappa shape index (κ3) is 5.23. The molecule has 36 heavy (non-hydrogen) atoms. The lowest BCUT2D eigenvalue weighted by Crippen LogP contribution is -2.41. The van der Waals surface area contributed by atoms with Crippen molar-refractivity contribution in [3.8, 4) is 5.75 Å². The number of aromatic nitrogens is 2. The van der Waals surface area contributed by atoms with Gasteiger partial charge in [0.2, 0.25) is 11.8 Å². The maximum Gasteiger partial charge on any atom is 0.254 e. The molecule has 1 aromatic heterocycles. The highest BCUT2D eigenvalue weighted by atomic mass is 16.5. The Kier molecular flexibility index (Phi) is 6.95. The van der Waals surface area contributed by atoms with Crippen LogP contribution in [-0.4, -0.2) is 77.1 Å². The summed E-state index contributed by atoms with van der Waals surface area (Å²) in [6.45, 7) is 5.77. The number of hydrogen-bond donors (Lipinski definition) is 2. The van der Waals surface area contributed by atoms with Crippen LogP contribution in [0.5, 0.6) is 5.75 Å². The van der Waals surface area contributed by atoms with Crippen molar-refractivity contribution in [1.82, 2.24) is 30.2 Å². The van der Waals surface area contributed by atoms with Gasteiger partial charge in [-0.3, -0.25) is 19.1 Å². The second-order valence-electron chi connectivity index (χ2n) is 10.1. The highest BCUT2D eigenvalue weighted by molar-refractivity contribution is 5.95. The lowest BCUT2D eigenvalue weighted by molar-refractivity contribution is -0.135. The highest BCUT2D eigenvalue weighted by Gasteiger charge is 2.43. The van der Waals surface area contributed by atoms with Crippen molar-refractivity contribution in [3.63, 3.8) is 0 Å². The summed E-state index contributed by atoms with van der Waals surface area (Å²) in [5, 5.41) is 10.4. The molecule has 5 rings (SSSR count). The molecule has 0 saturated carbocycles. The molecule has 0 atom stereocenters. The molecule has 192 valence electrons. The molecule has 0 radical (unpaired) electrons. The number of nitrogens with one attached hydrogen (secondary N) is 2. The summed E-state index contributed by atoms with van der Waals surface area (Å²) >= 11 is 0. The van der Waals surface area contributed by atoms with Crippen LogP contribution < -0.4 is 15.4 Å². The summed E-state index contributed by atoms with van der Waals surface area (Å²) in [7, 11) is 1.61. The zero-order chi connectivity index (χ0) is 25.1. The fraction of sp³-hybridized carbons (Fsp3) is 0.538. The van der Waals surface area contributed by atoms with E-state index in [1.165, 1.54) is 0 Å². The third-order valence-electron chi connectivity index (χ3n) is 7.78. The van der Waals surface area contributed by atoms with Crippen molar-refractivity contribution in [2.75, 3.05) is 39.8 Å². The Morgan fingerprint density at radius 1 is 1.03 bits per heavy atom. The van der Waals surface area contributed by atoms with Crippen LogP contribution >= 0.6 is 0 Å². The van der Waals surface area contributed by atoms with Crippen molar-refractivity contribution >= 4 is 17.7 Å². The van der Waals surface area contributed by atoms with Gasteiger partial charge >= 0.3 is 0 Å². The smallest absolute Gasteiger partial charge is 0.254 e. The molecule has 2 saturated heterocycles. The lowest BCUT2D eigenvalue weighted by Gasteiger charge is -2.29. The van der Waals surface area contributed by atoms with Crippen LogP contribution in [0.15, 0.2) is 30.5 Å². The molecule has 0 spiro atoms. The van der Waals surface area contributed by atoms with E-state index in [4.69, 9.17) is 4.74 Å². The highest BCUT2D eigenvalue weighted by Crippen LogP contribution is 2.39. The van der Waals surface area contributed by atoms with E-state index in [0.29, 0.717) is 38.3 Å². The quantitative estimate of drug-likeness (QED) is 0.542. The van der Waals surface area contributed by atoms with Gasteiger partial charge in [-0.05, 0) is 43.6 Å². The van der Waals surface area contributed by atoms with E-state index in [2.05, 4.69) is 20.6 Å². The van der Waals surface area contributed by atoms with Gasteiger partial charge in [-0.25, -0.2) is 0 Å². The Morgan fingerprint density at radius 3 is 2.50 bits per heavy atom. The topological polar surface area (TPSA) is 109 Å². The average molecular weight is 495 g/mol. The van der Waals surface area contributed by atoms with Crippen LogP contribution in [0.1, 0.15) is 47.3 Å². The minimum atomic E-state index is -0.168. The Hall–Kier alpha value is -3.40. The molecular formula is C26H34N6O4. The number of carbonyl (C=O) groups excluding carboxylic acids is 3. The molecule has 10 nitrogen and oxygen atoms in total. The van der Waals surface area contributed by atoms with Crippen molar-refractivity contribution in [1.29, 1.82) is 0 Å². The van der Waals surface area contributed by atoms with Crippen molar-refractivity contribution in [2.24, 2.45) is 5.41 Å². The van der Waals surface area contributed by atoms with E-state index in [1.54, 1.807) is 18.2 Å². The lowest BCUT2D eigenvalue weighted by atomic mass is 9.84. The first kappa shape index (κ1) is 24.3. The molecule has 3 amide bonds. The molecule has 1 aromatic carbocycles. The number of ether oxygens (including phenoxy) is 1. The molecule has 2 bridgehead atoms. The number of rotatable bonds is 9. The van der Waals surface area contributed by atoms with Crippen molar-refractivity contribution in [2.45, 2.75) is 45.3 Å². The number of piperidine rings is 1. The second kappa shape index (κ2) is 10.3. The average Bonchev–Trinajstić information content (AvgIpc) is 3.64. The monoisotopic (exact) mass is 494 g/mol. The summed E-state index contributed by atoms with van der Waals surface area (Å²) in [5.74, 6) is 0.378. The molecule has 3 aliphatic heterocycles. The Balaban J connectivity index is 1.09. The van der Waals surface area contributed by atoms with E-state index >= 15 is 0 Å². The summed E-state index contributed by atoms with van der Waals surface area (Å²) in [6.07, 6.45) is 4.13. The van der Waals surface area contributed by atoms with Gasteiger partial charge < -0.3 is 25.2 Å². The summed E-state index contributed by atoms with van der Waals surface area (Å²) in [4.78, 5) is 42.3. The van der Waals surface area contributed by atoms with Gasteiger partial charge in [-0.1, -0.05) is 12.1 Å². The van der Waals surface area contributed by atoms with Crippen molar-refractivity contribution in [3.05, 3.63) is 47.3 Å². The van der Waals surface area contributed by atoms with Crippen LogP contribution in [0.2, 0.25) is 0 Å². The first-order chi connectivity index (χ1) is 17.4. The number of carbonyl (C=O) groups is 3. The van der Waals surface area contributed by atoms with Crippen LogP contribution in [0.4, 0.5) is 0 Å². The van der Waals surface area contributed by atoms with E-state index in [1.807, 2.05) is 28.9 Å². The predicted octanol–water partition coefficient (Wildman–Crippen LogP) is 1.16. The Labute approximate surface area is 210 Å². The molecule has 4 heterocycles. The molecule has 0 aliphatic carbocycles. The number of nitrogens with zero attached hydrogens (tertiary/aromatic N) is 4. The molecule has 10 heteroatoms. The van der Waals surface area contributed by atoms with Crippen LogP contribution in [0.3, 0.4) is 0 Å². The standard InChI is InChI=1S/C26H34N6O4/c1-36-20-4-2-19(3-5-20)14-27-23(33)6-7-24(34)31-12-13-32-22(16-31)21(15-29-32)25(35)28-17-26-8-10-30(18-26)11-9-26/h2-5,15H,6-14,16-18H2,1H3,(H,27,33)(H,28,35). The van der Waals surface area contributed by atoms with Crippen molar-refractivity contribution < 1.29 is 19.1 Å². The van der Waals surface area contributed by atoms with Gasteiger partial charge in [-0.2, -0.15) is 5.10 Å². The number of hydrogen-bond acceptors (Lipinski definition) is 6. The fourth-order valence-corrected chi connectivity index (χ4v) is 5.47. The number of methoxy groups -OCH3 is 1. The first-order valence-electron chi connectivity index (χ1n) is 12.7. The van der Waals surface area contributed by atoms with Crippen LogP contribution in [-0.2, 0) is 29.2 Å². The number of amides is 3. The van der Waals surface area contributed by atoms with Crippen LogP contribution in [0.25, 0.3) is 0 Å². The Morgan fingerprint density at radius 2 is 1.81 bits per heavy atom. The normalized spacial score (nSPS) is 22.2. The largest absolute Gasteiger partial charge is 0.497 e. The van der Waals surface area contributed by atoms with Gasteiger partial charge in [0.05, 0.1) is 37.7 Å². The van der Waals surface area contributed by atoms with E-state index in [-0.39, 0.29) is 36.0 Å². The summed E-state index contributed by atoms with van der Waals surface area (Å²) in [5.41, 5.74) is 2.46. The van der Waals surface area contributed by atoms with E-state index < -0.39 is 0 Å². The summed E-state index contributed by atoms with van der Waals surface area (Å²) < 4.78 is 6.95. The van der Waals surface area contributed by atoms with Crippen LogP contribution in [0, 0.1) is 5.41 Å². The van der Waals surface area contributed by atoms with Gasteiger partial charge in [0, 0.05) is 44.4 Å². The number of benzene rings is 1. The minimum absolute atomic E-state index is 0.0932. The maximum atomic E-state index is 13.0. The van der Waals surface area contributed by atoms with Gasteiger partial charge in [-0.15, -0.1) is 0 Å². The first-order valence-corrected chi connectivity index (χ1v) is 12.7.